The van der Waals surface area contributed by atoms with Crippen LogP contribution in [0, 0.1) is 0 Å². The van der Waals surface area contributed by atoms with Crippen LogP contribution in [0.3, 0.4) is 0 Å². The highest BCUT2D eigenvalue weighted by atomic mass is 19.4. The Kier molecular flexibility index (Phi) is 7.06. The topological polar surface area (TPSA) is 12.0 Å². The van der Waals surface area contributed by atoms with Crippen molar-refractivity contribution in [2.45, 2.75) is 64.7 Å². The normalized spacial score (nSPS) is 13.4. The Morgan fingerprint density at radius 1 is 1.10 bits per heavy atom. The lowest BCUT2D eigenvalue weighted by atomic mass is 10.0. The van der Waals surface area contributed by atoms with Crippen molar-refractivity contribution in [3.63, 3.8) is 0 Å². The van der Waals surface area contributed by atoms with Gasteiger partial charge in [-0.25, -0.2) is 0 Å². The quantitative estimate of drug-likeness (QED) is 0.697. The Morgan fingerprint density at radius 2 is 1.85 bits per heavy atom. The molecule has 0 radical (unpaired) electrons. The van der Waals surface area contributed by atoms with Crippen molar-refractivity contribution in [3.8, 4) is 0 Å². The summed E-state index contributed by atoms with van der Waals surface area (Å²) in [6, 6.07) is 5.96. The molecule has 4 heteroatoms. The van der Waals surface area contributed by atoms with Gasteiger partial charge in [-0.1, -0.05) is 51.3 Å². The zero-order chi connectivity index (χ0) is 15.0. The summed E-state index contributed by atoms with van der Waals surface area (Å²) in [6.07, 6.45) is 1.28. The minimum Gasteiger partial charge on any atom is -0.310 e. The monoisotopic (exact) mass is 287 g/mol. The van der Waals surface area contributed by atoms with Crippen molar-refractivity contribution in [3.05, 3.63) is 35.4 Å². The zero-order valence-electron chi connectivity index (χ0n) is 12.3. The molecule has 1 nitrogen and oxygen atoms in total. The Labute approximate surface area is 119 Å². The van der Waals surface area contributed by atoms with Crippen LogP contribution in [0.15, 0.2) is 24.3 Å². The predicted molar refractivity (Wildman–Crippen MR) is 76.5 cm³/mol. The first kappa shape index (κ1) is 17.0. The molecule has 0 aromatic heterocycles. The number of nitrogens with one attached hydrogen (secondary N) is 1. The summed E-state index contributed by atoms with van der Waals surface area (Å²) in [6.45, 7) is 4.78. The Bertz CT molecular complexity index is 388. The zero-order valence-corrected chi connectivity index (χ0v) is 12.3. The van der Waals surface area contributed by atoms with Gasteiger partial charge in [-0.15, -0.1) is 0 Å². The van der Waals surface area contributed by atoms with Gasteiger partial charge in [0.2, 0.25) is 0 Å². The highest BCUT2D eigenvalue weighted by Gasteiger charge is 2.30. The van der Waals surface area contributed by atoms with Gasteiger partial charge in [0.25, 0.3) is 0 Å². The number of hydrogen-bond donors (Lipinski definition) is 1. The van der Waals surface area contributed by atoms with Gasteiger partial charge in [0.1, 0.15) is 0 Å². The van der Waals surface area contributed by atoms with Crippen LogP contribution in [0.2, 0.25) is 0 Å². The van der Waals surface area contributed by atoms with Gasteiger partial charge in [-0.2, -0.15) is 13.2 Å². The summed E-state index contributed by atoms with van der Waals surface area (Å²) in [5.41, 5.74) is 0.120. The number of alkyl halides is 3. The van der Waals surface area contributed by atoms with Gasteiger partial charge in [0.05, 0.1) is 5.56 Å². The third kappa shape index (κ3) is 5.95. The molecule has 0 bridgehead atoms. The Balaban J connectivity index is 2.58. The van der Waals surface area contributed by atoms with E-state index in [0.717, 1.165) is 38.2 Å². The molecule has 1 aromatic carbocycles. The molecule has 1 N–H and O–H groups in total. The minimum absolute atomic E-state index is 0.398. The number of rotatable bonds is 8. The third-order valence-corrected chi connectivity index (χ3v) is 3.39. The SMILES string of the molecule is CCCCC(CCC)NCc1cccc(C(F)(F)F)c1. The lowest BCUT2D eigenvalue weighted by Crippen LogP contribution is -2.28. The van der Waals surface area contributed by atoms with E-state index >= 15 is 0 Å². The fourth-order valence-corrected chi connectivity index (χ4v) is 2.27. The maximum atomic E-state index is 12.6. The van der Waals surface area contributed by atoms with Crippen molar-refractivity contribution in [1.29, 1.82) is 0 Å². The van der Waals surface area contributed by atoms with Gasteiger partial charge in [0.15, 0.2) is 0 Å². The van der Waals surface area contributed by atoms with Crippen molar-refractivity contribution in [1.82, 2.24) is 5.32 Å². The first-order valence-electron chi connectivity index (χ1n) is 7.36. The summed E-state index contributed by atoms with van der Waals surface area (Å²) in [7, 11) is 0. The van der Waals surface area contributed by atoms with Crippen molar-refractivity contribution < 1.29 is 13.2 Å². The molecule has 0 aliphatic rings. The first-order chi connectivity index (χ1) is 9.47. The van der Waals surface area contributed by atoms with Gasteiger partial charge in [-0.05, 0) is 24.5 Å². The van der Waals surface area contributed by atoms with Crippen molar-refractivity contribution >= 4 is 0 Å². The van der Waals surface area contributed by atoms with Gasteiger partial charge in [-0.3, -0.25) is 0 Å². The fraction of sp³-hybridized carbons (Fsp3) is 0.625. The van der Waals surface area contributed by atoms with Crippen LogP contribution < -0.4 is 5.32 Å². The number of hydrogen-bond acceptors (Lipinski definition) is 1. The molecule has 0 heterocycles. The van der Waals surface area contributed by atoms with E-state index in [2.05, 4.69) is 19.2 Å². The molecule has 1 unspecified atom stereocenters. The summed E-state index contributed by atoms with van der Waals surface area (Å²) >= 11 is 0. The fourth-order valence-electron chi connectivity index (χ4n) is 2.27. The van der Waals surface area contributed by atoms with Crippen LogP contribution in [-0.4, -0.2) is 6.04 Å². The van der Waals surface area contributed by atoms with E-state index in [0.29, 0.717) is 18.2 Å². The highest BCUT2D eigenvalue weighted by Crippen LogP contribution is 2.29. The van der Waals surface area contributed by atoms with E-state index < -0.39 is 11.7 Å². The van der Waals surface area contributed by atoms with Crippen LogP contribution in [-0.2, 0) is 12.7 Å². The maximum Gasteiger partial charge on any atom is 0.416 e. The molecule has 20 heavy (non-hydrogen) atoms. The average molecular weight is 287 g/mol. The lowest BCUT2D eigenvalue weighted by Gasteiger charge is -2.18. The summed E-state index contributed by atoms with van der Waals surface area (Å²) in [5.74, 6) is 0. The van der Waals surface area contributed by atoms with Gasteiger partial charge < -0.3 is 5.32 Å². The molecule has 1 atom stereocenters. The first-order valence-corrected chi connectivity index (χ1v) is 7.36. The van der Waals surface area contributed by atoms with E-state index in [1.54, 1.807) is 6.07 Å². The maximum absolute atomic E-state index is 12.6. The molecule has 0 saturated carbocycles. The van der Waals surface area contributed by atoms with Gasteiger partial charge >= 0.3 is 6.18 Å². The van der Waals surface area contributed by atoms with Crippen LogP contribution >= 0.6 is 0 Å². The smallest absolute Gasteiger partial charge is 0.310 e. The van der Waals surface area contributed by atoms with Crippen LogP contribution in [0.25, 0.3) is 0 Å². The molecule has 0 saturated heterocycles. The molecule has 1 rings (SSSR count). The number of benzene rings is 1. The van der Waals surface area contributed by atoms with Crippen molar-refractivity contribution in [2.24, 2.45) is 0 Å². The Hall–Kier alpha value is -1.03. The predicted octanol–water partition coefficient (Wildman–Crippen LogP) is 5.15. The summed E-state index contributed by atoms with van der Waals surface area (Å²) in [5, 5.41) is 3.38. The van der Waals surface area contributed by atoms with E-state index in [4.69, 9.17) is 0 Å². The molecular weight excluding hydrogens is 263 g/mol. The minimum atomic E-state index is -4.26. The summed E-state index contributed by atoms with van der Waals surface area (Å²) < 4.78 is 37.9. The molecule has 0 aliphatic heterocycles. The third-order valence-electron chi connectivity index (χ3n) is 3.39. The van der Waals surface area contributed by atoms with E-state index in [-0.39, 0.29) is 0 Å². The number of halogens is 3. The average Bonchev–Trinajstić information content (AvgIpc) is 2.41. The molecule has 1 aromatic rings. The van der Waals surface area contributed by atoms with E-state index in [9.17, 15) is 13.2 Å². The number of unbranched alkanes of at least 4 members (excludes halogenated alkanes) is 1. The van der Waals surface area contributed by atoms with Crippen molar-refractivity contribution in [2.75, 3.05) is 0 Å². The molecule has 0 aliphatic carbocycles. The Morgan fingerprint density at radius 3 is 2.45 bits per heavy atom. The second-order valence-corrected chi connectivity index (χ2v) is 5.21. The lowest BCUT2D eigenvalue weighted by molar-refractivity contribution is -0.137. The second kappa shape index (κ2) is 8.30. The van der Waals surface area contributed by atoms with Crippen LogP contribution in [0.4, 0.5) is 13.2 Å². The molecule has 0 amide bonds. The standard InChI is InChI=1S/C16H24F3N/c1-3-5-10-15(7-4-2)20-12-13-8-6-9-14(11-13)16(17,18)19/h6,8-9,11,15,20H,3-5,7,10,12H2,1-2H3. The second-order valence-electron chi connectivity index (χ2n) is 5.21. The van der Waals surface area contributed by atoms with E-state index in [1.807, 2.05) is 0 Å². The molecule has 114 valence electrons. The molecule has 0 fully saturated rings. The largest absolute Gasteiger partial charge is 0.416 e. The van der Waals surface area contributed by atoms with Gasteiger partial charge in [0, 0.05) is 12.6 Å². The summed E-state index contributed by atoms with van der Waals surface area (Å²) in [4.78, 5) is 0. The highest BCUT2D eigenvalue weighted by molar-refractivity contribution is 5.25. The molecule has 0 spiro atoms. The molecular formula is C16H24F3N. The van der Waals surface area contributed by atoms with Crippen LogP contribution in [0.1, 0.15) is 57.1 Å². The van der Waals surface area contributed by atoms with Crippen LogP contribution in [0.5, 0.6) is 0 Å². The van der Waals surface area contributed by atoms with E-state index in [1.165, 1.54) is 12.1 Å².